The van der Waals surface area contributed by atoms with Crippen LogP contribution in [-0.2, 0) is 6.42 Å². The van der Waals surface area contributed by atoms with Crippen LogP contribution in [0.2, 0.25) is 5.15 Å². The molecule has 0 spiro atoms. The Balaban J connectivity index is 2.35. The van der Waals surface area contributed by atoms with Crippen molar-refractivity contribution in [1.29, 1.82) is 0 Å². The van der Waals surface area contributed by atoms with Gasteiger partial charge in [-0.05, 0) is 12.0 Å². The van der Waals surface area contributed by atoms with Crippen LogP contribution >= 0.6 is 11.6 Å². The summed E-state index contributed by atoms with van der Waals surface area (Å²) < 4.78 is 5.27. The van der Waals surface area contributed by atoms with Gasteiger partial charge in [-0.15, -0.1) is 0 Å². The van der Waals surface area contributed by atoms with Crippen molar-refractivity contribution < 1.29 is 4.52 Å². The zero-order chi connectivity index (χ0) is 11.4. The number of nitrogens with zero attached hydrogens (tertiary/aromatic N) is 1. The van der Waals surface area contributed by atoms with Gasteiger partial charge in [-0.3, -0.25) is 0 Å². The third kappa shape index (κ3) is 2.27. The number of halogens is 1. The number of benzene rings is 1. The Hall–Kier alpha value is -1.28. The first-order valence-corrected chi connectivity index (χ1v) is 5.90. The number of hydrogen-bond acceptors (Lipinski definition) is 2. The fourth-order valence-electron chi connectivity index (χ4n) is 1.69. The van der Waals surface area contributed by atoms with E-state index in [1.807, 2.05) is 30.3 Å². The molecule has 0 bridgehead atoms. The van der Waals surface area contributed by atoms with E-state index in [9.17, 15) is 0 Å². The van der Waals surface area contributed by atoms with Crippen LogP contribution in [0.1, 0.15) is 25.5 Å². The predicted octanol–water partition coefficient (Wildman–Crippen LogP) is 4.34. The zero-order valence-electron chi connectivity index (χ0n) is 9.24. The first kappa shape index (κ1) is 11.2. The monoisotopic (exact) mass is 235 g/mol. The molecule has 0 saturated carbocycles. The molecule has 0 atom stereocenters. The summed E-state index contributed by atoms with van der Waals surface area (Å²) in [5.41, 5.74) is 2.01. The SMILES string of the molecule is CCCCc1onc(Cl)c1-c1ccccc1. The second-order valence-corrected chi connectivity index (χ2v) is 4.10. The van der Waals surface area contributed by atoms with Gasteiger partial charge in [0.1, 0.15) is 5.76 Å². The Kier molecular flexibility index (Phi) is 3.62. The number of rotatable bonds is 4. The van der Waals surface area contributed by atoms with Crippen LogP contribution in [0.4, 0.5) is 0 Å². The minimum atomic E-state index is 0.456. The highest BCUT2D eigenvalue weighted by Crippen LogP contribution is 2.31. The molecular formula is C13H14ClNO. The smallest absolute Gasteiger partial charge is 0.180 e. The van der Waals surface area contributed by atoms with Gasteiger partial charge in [-0.1, -0.05) is 60.4 Å². The van der Waals surface area contributed by atoms with E-state index in [0.29, 0.717) is 5.15 Å². The van der Waals surface area contributed by atoms with Gasteiger partial charge in [0.25, 0.3) is 0 Å². The van der Waals surface area contributed by atoms with Crippen molar-refractivity contribution in [2.45, 2.75) is 26.2 Å². The summed E-state index contributed by atoms with van der Waals surface area (Å²) in [6, 6.07) is 10.0. The van der Waals surface area contributed by atoms with E-state index in [-0.39, 0.29) is 0 Å². The fraction of sp³-hybridized carbons (Fsp3) is 0.308. The highest BCUT2D eigenvalue weighted by molar-refractivity contribution is 6.32. The van der Waals surface area contributed by atoms with Crippen molar-refractivity contribution >= 4 is 11.6 Å². The van der Waals surface area contributed by atoms with Gasteiger partial charge in [0.2, 0.25) is 0 Å². The van der Waals surface area contributed by atoms with Gasteiger partial charge < -0.3 is 4.52 Å². The van der Waals surface area contributed by atoms with Gasteiger partial charge in [0.15, 0.2) is 5.15 Å². The van der Waals surface area contributed by atoms with Crippen LogP contribution in [0.5, 0.6) is 0 Å². The number of aromatic nitrogens is 1. The number of aryl methyl sites for hydroxylation is 1. The molecule has 2 rings (SSSR count). The van der Waals surface area contributed by atoms with Crippen molar-refractivity contribution in [3.05, 3.63) is 41.2 Å². The molecule has 0 saturated heterocycles. The van der Waals surface area contributed by atoms with Gasteiger partial charge in [-0.2, -0.15) is 0 Å². The molecule has 2 aromatic rings. The van der Waals surface area contributed by atoms with Crippen LogP contribution < -0.4 is 0 Å². The van der Waals surface area contributed by atoms with Gasteiger partial charge in [0.05, 0.1) is 5.56 Å². The summed E-state index contributed by atoms with van der Waals surface area (Å²) in [4.78, 5) is 0. The fourth-order valence-corrected chi connectivity index (χ4v) is 1.94. The minimum absolute atomic E-state index is 0.456. The lowest BCUT2D eigenvalue weighted by Crippen LogP contribution is -1.85. The Morgan fingerprint density at radius 1 is 1.25 bits per heavy atom. The van der Waals surface area contributed by atoms with Crippen LogP contribution in [0, 0.1) is 0 Å². The van der Waals surface area contributed by atoms with Crippen LogP contribution in [-0.4, -0.2) is 5.16 Å². The second kappa shape index (κ2) is 5.17. The average molecular weight is 236 g/mol. The summed E-state index contributed by atoms with van der Waals surface area (Å²) in [5, 5.41) is 4.29. The molecule has 84 valence electrons. The van der Waals surface area contributed by atoms with Gasteiger partial charge >= 0.3 is 0 Å². The molecule has 1 aromatic heterocycles. The van der Waals surface area contributed by atoms with E-state index < -0.39 is 0 Å². The lowest BCUT2D eigenvalue weighted by molar-refractivity contribution is 0.381. The number of unbranched alkanes of at least 4 members (excludes halogenated alkanes) is 1. The predicted molar refractivity (Wildman–Crippen MR) is 65.6 cm³/mol. The zero-order valence-corrected chi connectivity index (χ0v) is 10.00. The van der Waals surface area contributed by atoms with Gasteiger partial charge in [0, 0.05) is 6.42 Å². The average Bonchev–Trinajstić information content (AvgIpc) is 2.69. The van der Waals surface area contributed by atoms with Crippen molar-refractivity contribution in [3.63, 3.8) is 0 Å². The lowest BCUT2D eigenvalue weighted by Gasteiger charge is -2.00. The molecule has 0 aliphatic heterocycles. The van der Waals surface area contributed by atoms with E-state index in [1.165, 1.54) is 0 Å². The highest BCUT2D eigenvalue weighted by atomic mass is 35.5. The van der Waals surface area contributed by atoms with Crippen molar-refractivity contribution in [2.75, 3.05) is 0 Å². The van der Waals surface area contributed by atoms with E-state index in [2.05, 4.69) is 12.1 Å². The summed E-state index contributed by atoms with van der Waals surface area (Å²) >= 11 is 6.05. The largest absolute Gasteiger partial charge is 0.359 e. The first-order valence-electron chi connectivity index (χ1n) is 5.52. The molecule has 0 fully saturated rings. The Labute approximate surface area is 100 Å². The third-order valence-corrected chi connectivity index (χ3v) is 2.80. The topological polar surface area (TPSA) is 26.0 Å². The van der Waals surface area contributed by atoms with Crippen LogP contribution in [0.15, 0.2) is 34.9 Å². The Morgan fingerprint density at radius 3 is 2.69 bits per heavy atom. The lowest BCUT2D eigenvalue weighted by atomic mass is 10.0. The minimum Gasteiger partial charge on any atom is -0.359 e. The maximum Gasteiger partial charge on any atom is 0.180 e. The second-order valence-electron chi connectivity index (χ2n) is 3.74. The van der Waals surface area contributed by atoms with Crippen molar-refractivity contribution in [3.8, 4) is 11.1 Å². The molecule has 1 heterocycles. The highest BCUT2D eigenvalue weighted by Gasteiger charge is 2.15. The third-order valence-electron chi connectivity index (χ3n) is 2.54. The summed E-state index contributed by atoms with van der Waals surface area (Å²) in [6.07, 6.45) is 3.11. The first-order chi connectivity index (χ1) is 7.83. The maximum absolute atomic E-state index is 6.05. The molecule has 0 amide bonds. The van der Waals surface area contributed by atoms with E-state index in [4.69, 9.17) is 16.1 Å². The van der Waals surface area contributed by atoms with E-state index in [0.717, 1.165) is 36.1 Å². The van der Waals surface area contributed by atoms with Crippen LogP contribution in [0.3, 0.4) is 0 Å². The van der Waals surface area contributed by atoms with Crippen LogP contribution in [0.25, 0.3) is 11.1 Å². The molecule has 3 heteroatoms. The molecule has 16 heavy (non-hydrogen) atoms. The molecule has 0 radical (unpaired) electrons. The molecule has 1 aromatic carbocycles. The van der Waals surface area contributed by atoms with Gasteiger partial charge in [-0.25, -0.2) is 0 Å². The quantitative estimate of drug-likeness (QED) is 0.788. The normalized spacial score (nSPS) is 10.6. The molecule has 2 nitrogen and oxygen atoms in total. The molecule has 0 aliphatic carbocycles. The standard InChI is InChI=1S/C13H14ClNO/c1-2-3-9-11-12(13(14)15-16-11)10-7-5-4-6-8-10/h4-8H,2-3,9H2,1H3. The Morgan fingerprint density at radius 2 is 2.00 bits per heavy atom. The molecular weight excluding hydrogens is 222 g/mol. The molecule has 0 unspecified atom stereocenters. The molecule has 0 N–H and O–H groups in total. The summed E-state index contributed by atoms with van der Waals surface area (Å²) in [6.45, 7) is 2.15. The van der Waals surface area contributed by atoms with Crippen molar-refractivity contribution in [1.82, 2.24) is 5.16 Å². The summed E-state index contributed by atoms with van der Waals surface area (Å²) in [5.74, 6) is 0.887. The maximum atomic E-state index is 6.05. The van der Waals surface area contributed by atoms with Crippen molar-refractivity contribution in [2.24, 2.45) is 0 Å². The number of hydrogen-bond donors (Lipinski definition) is 0. The molecule has 0 aliphatic rings. The van der Waals surface area contributed by atoms with E-state index >= 15 is 0 Å². The summed E-state index contributed by atoms with van der Waals surface area (Å²) in [7, 11) is 0. The Bertz CT molecular complexity index is 450. The van der Waals surface area contributed by atoms with E-state index in [1.54, 1.807) is 0 Å².